The van der Waals surface area contributed by atoms with Crippen molar-refractivity contribution in [3.05, 3.63) is 52.7 Å². The van der Waals surface area contributed by atoms with Gasteiger partial charge in [-0.3, -0.25) is 4.79 Å². The number of thiazole rings is 1. The number of nitrogens with two attached hydrogens (primary N) is 1. The SMILES string of the molecule is CN(Cc1cc2ccccc2o1)C(=O)CC(N)c1nccs1. The number of hydrogen-bond acceptors (Lipinski definition) is 5. The van der Waals surface area contributed by atoms with Gasteiger partial charge in [-0.25, -0.2) is 4.98 Å². The van der Waals surface area contributed by atoms with Crippen molar-refractivity contribution >= 4 is 28.2 Å². The maximum absolute atomic E-state index is 12.2. The van der Waals surface area contributed by atoms with Crippen LogP contribution in [0.15, 0.2) is 46.3 Å². The number of fused-ring (bicyclic) bond motifs is 1. The fourth-order valence-corrected chi connectivity index (χ4v) is 2.93. The van der Waals surface area contributed by atoms with E-state index in [-0.39, 0.29) is 18.4 Å². The Hall–Kier alpha value is -2.18. The van der Waals surface area contributed by atoms with Gasteiger partial charge in [-0.1, -0.05) is 18.2 Å². The van der Waals surface area contributed by atoms with Crippen LogP contribution < -0.4 is 5.73 Å². The van der Waals surface area contributed by atoms with Gasteiger partial charge in [0.25, 0.3) is 0 Å². The molecule has 1 unspecified atom stereocenters. The lowest BCUT2D eigenvalue weighted by molar-refractivity contribution is -0.131. The minimum atomic E-state index is -0.356. The topological polar surface area (TPSA) is 72.4 Å². The van der Waals surface area contributed by atoms with E-state index < -0.39 is 0 Å². The van der Waals surface area contributed by atoms with Gasteiger partial charge in [0.05, 0.1) is 12.6 Å². The molecule has 1 amide bonds. The van der Waals surface area contributed by atoms with Crippen molar-refractivity contribution in [1.82, 2.24) is 9.88 Å². The Labute approximate surface area is 132 Å². The average molecular weight is 315 g/mol. The smallest absolute Gasteiger partial charge is 0.224 e. The Morgan fingerprint density at radius 3 is 3.00 bits per heavy atom. The normalized spacial score (nSPS) is 12.5. The first kappa shape index (κ1) is 14.7. The molecule has 0 aliphatic heterocycles. The van der Waals surface area contributed by atoms with E-state index in [4.69, 9.17) is 10.2 Å². The number of aromatic nitrogens is 1. The van der Waals surface area contributed by atoms with E-state index in [2.05, 4.69) is 4.98 Å². The maximum atomic E-state index is 12.2. The Morgan fingerprint density at radius 1 is 1.45 bits per heavy atom. The van der Waals surface area contributed by atoms with Gasteiger partial charge < -0.3 is 15.1 Å². The zero-order chi connectivity index (χ0) is 15.5. The molecular weight excluding hydrogens is 298 g/mol. The number of carbonyl (C=O) groups excluding carboxylic acids is 1. The fraction of sp³-hybridized carbons (Fsp3) is 0.250. The number of amides is 1. The van der Waals surface area contributed by atoms with E-state index >= 15 is 0 Å². The number of benzene rings is 1. The summed E-state index contributed by atoms with van der Waals surface area (Å²) in [5.41, 5.74) is 6.84. The van der Waals surface area contributed by atoms with Crippen molar-refractivity contribution in [1.29, 1.82) is 0 Å². The third-order valence-electron chi connectivity index (χ3n) is 3.46. The Balaban J connectivity index is 1.63. The number of carbonyl (C=O) groups is 1. The lowest BCUT2D eigenvalue weighted by Crippen LogP contribution is -2.29. The highest BCUT2D eigenvalue weighted by Gasteiger charge is 2.18. The standard InChI is InChI=1S/C16H17N3O2S/c1-19(15(20)9-13(17)16-18-6-7-22-16)10-12-8-11-4-2-3-5-14(11)21-12/h2-8,13H,9-10,17H2,1H3. The van der Waals surface area contributed by atoms with Crippen LogP contribution in [0.1, 0.15) is 23.2 Å². The molecule has 2 aromatic heterocycles. The minimum Gasteiger partial charge on any atom is -0.459 e. The lowest BCUT2D eigenvalue weighted by atomic mass is 10.2. The van der Waals surface area contributed by atoms with Gasteiger partial charge in [-0.05, 0) is 12.1 Å². The molecule has 1 atom stereocenters. The van der Waals surface area contributed by atoms with Crippen LogP contribution in [0.25, 0.3) is 11.0 Å². The lowest BCUT2D eigenvalue weighted by Gasteiger charge is -2.17. The Bertz CT molecular complexity index is 734. The van der Waals surface area contributed by atoms with Crippen LogP contribution in [-0.4, -0.2) is 22.8 Å². The van der Waals surface area contributed by atoms with Crippen LogP contribution >= 0.6 is 11.3 Å². The summed E-state index contributed by atoms with van der Waals surface area (Å²) < 4.78 is 5.73. The molecule has 0 spiro atoms. The summed E-state index contributed by atoms with van der Waals surface area (Å²) in [6.07, 6.45) is 1.94. The summed E-state index contributed by atoms with van der Waals surface area (Å²) in [5, 5.41) is 3.68. The summed E-state index contributed by atoms with van der Waals surface area (Å²) in [6.45, 7) is 0.429. The molecular formula is C16H17N3O2S. The first-order chi connectivity index (χ1) is 10.6. The summed E-state index contributed by atoms with van der Waals surface area (Å²) in [7, 11) is 1.75. The van der Waals surface area contributed by atoms with Crippen molar-refractivity contribution in [2.75, 3.05) is 7.05 Å². The zero-order valence-electron chi connectivity index (χ0n) is 12.2. The number of nitrogens with zero attached hydrogens (tertiary/aromatic N) is 2. The second-order valence-corrected chi connectivity index (χ2v) is 6.11. The predicted octanol–water partition coefficient (Wildman–Crippen LogP) is 2.94. The van der Waals surface area contributed by atoms with E-state index in [9.17, 15) is 4.79 Å². The molecule has 0 aliphatic rings. The molecule has 6 heteroatoms. The van der Waals surface area contributed by atoms with Gasteiger partial charge in [0.2, 0.25) is 5.91 Å². The quantitative estimate of drug-likeness (QED) is 0.785. The van der Waals surface area contributed by atoms with Gasteiger partial charge in [0, 0.05) is 30.4 Å². The molecule has 1 aromatic carbocycles. The van der Waals surface area contributed by atoms with Crippen LogP contribution in [0.5, 0.6) is 0 Å². The van der Waals surface area contributed by atoms with Crippen molar-refractivity contribution < 1.29 is 9.21 Å². The molecule has 0 saturated carbocycles. The molecule has 0 aliphatic carbocycles. The molecule has 3 rings (SSSR count). The summed E-state index contributed by atoms with van der Waals surface area (Å²) in [4.78, 5) is 18.0. The van der Waals surface area contributed by atoms with Crippen molar-refractivity contribution in [3.8, 4) is 0 Å². The van der Waals surface area contributed by atoms with Crippen molar-refractivity contribution in [3.63, 3.8) is 0 Å². The first-order valence-corrected chi connectivity index (χ1v) is 7.88. The molecule has 22 heavy (non-hydrogen) atoms. The highest BCUT2D eigenvalue weighted by Crippen LogP contribution is 2.21. The first-order valence-electron chi connectivity index (χ1n) is 7.00. The molecule has 114 valence electrons. The van der Waals surface area contributed by atoms with E-state index in [0.29, 0.717) is 6.54 Å². The average Bonchev–Trinajstić information content (AvgIpc) is 3.15. The second-order valence-electron chi connectivity index (χ2n) is 5.18. The second kappa shape index (κ2) is 6.29. The molecule has 2 N–H and O–H groups in total. The molecule has 0 radical (unpaired) electrons. The van der Waals surface area contributed by atoms with E-state index in [1.54, 1.807) is 18.1 Å². The predicted molar refractivity (Wildman–Crippen MR) is 86.3 cm³/mol. The summed E-state index contributed by atoms with van der Waals surface area (Å²) in [5.74, 6) is 0.739. The third-order valence-corrected chi connectivity index (χ3v) is 4.37. The van der Waals surface area contributed by atoms with Gasteiger partial charge >= 0.3 is 0 Å². The molecule has 0 fully saturated rings. The van der Waals surface area contributed by atoms with Crippen molar-refractivity contribution in [2.24, 2.45) is 5.73 Å². The molecule has 0 bridgehead atoms. The van der Waals surface area contributed by atoms with Crippen LogP contribution in [-0.2, 0) is 11.3 Å². The van der Waals surface area contributed by atoms with E-state index in [1.165, 1.54) is 11.3 Å². The Kier molecular flexibility index (Phi) is 4.22. The molecule has 5 nitrogen and oxygen atoms in total. The van der Waals surface area contributed by atoms with Crippen molar-refractivity contribution in [2.45, 2.75) is 19.0 Å². The largest absolute Gasteiger partial charge is 0.459 e. The van der Waals surface area contributed by atoms with Gasteiger partial charge in [-0.15, -0.1) is 11.3 Å². The van der Waals surface area contributed by atoms with Gasteiger partial charge in [0.1, 0.15) is 16.4 Å². The van der Waals surface area contributed by atoms with E-state index in [0.717, 1.165) is 21.7 Å². The van der Waals surface area contributed by atoms with Gasteiger partial charge in [-0.2, -0.15) is 0 Å². The van der Waals surface area contributed by atoms with Crippen LogP contribution in [0, 0.1) is 0 Å². The fourth-order valence-electron chi connectivity index (χ4n) is 2.29. The van der Waals surface area contributed by atoms with Crippen LogP contribution in [0.2, 0.25) is 0 Å². The Morgan fingerprint density at radius 2 is 2.27 bits per heavy atom. The molecule has 3 aromatic rings. The van der Waals surface area contributed by atoms with E-state index in [1.807, 2.05) is 35.7 Å². The van der Waals surface area contributed by atoms with Crippen LogP contribution in [0.4, 0.5) is 0 Å². The number of furan rings is 1. The zero-order valence-corrected chi connectivity index (χ0v) is 13.0. The minimum absolute atomic E-state index is 0.0249. The number of rotatable bonds is 5. The summed E-state index contributed by atoms with van der Waals surface area (Å²) in [6, 6.07) is 9.40. The van der Waals surface area contributed by atoms with Crippen LogP contribution in [0.3, 0.4) is 0 Å². The van der Waals surface area contributed by atoms with Gasteiger partial charge in [0.15, 0.2) is 0 Å². The number of para-hydroxylation sites is 1. The highest BCUT2D eigenvalue weighted by atomic mass is 32.1. The maximum Gasteiger partial charge on any atom is 0.224 e. The molecule has 2 heterocycles. The third kappa shape index (κ3) is 3.18. The number of hydrogen-bond donors (Lipinski definition) is 1. The molecule has 0 saturated heterocycles. The summed E-state index contributed by atoms with van der Waals surface area (Å²) >= 11 is 1.47. The highest BCUT2D eigenvalue weighted by molar-refractivity contribution is 7.09. The monoisotopic (exact) mass is 315 g/mol.